The van der Waals surface area contributed by atoms with Gasteiger partial charge < -0.3 is 18.9 Å². The number of ketones is 1. The zero-order chi connectivity index (χ0) is 22.8. The Hall–Kier alpha value is -2.93. The third-order valence-corrected chi connectivity index (χ3v) is 6.79. The van der Waals surface area contributed by atoms with E-state index in [0.717, 1.165) is 67.7 Å². The largest absolute Gasteiger partial charge is 0.493 e. The van der Waals surface area contributed by atoms with Gasteiger partial charge in [0.25, 0.3) is 0 Å². The zero-order valence-electron chi connectivity index (χ0n) is 18.9. The number of likely N-dealkylation sites (tertiary alicyclic amines) is 1. The van der Waals surface area contributed by atoms with Crippen molar-refractivity contribution in [3.8, 4) is 11.5 Å². The minimum absolute atomic E-state index is 0.139. The third kappa shape index (κ3) is 4.60. The summed E-state index contributed by atoms with van der Waals surface area (Å²) in [7, 11) is 0. The van der Waals surface area contributed by atoms with Crippen LogP contribution in [0, 0.1) is 12.7 Å². The second-order valence-corrected chi connectivity index (χ2v) is 8.97. The van der Waals surface area contributed by atoms with Crippen molar-refractivity contribution in [1.29, 1.82) is 0 Å². The summed E-state index contributed by atoms with van der Waals surface area (Å²) >= 11 is 0. The Labute approximate surface area is 192 Å². The first-order valence-electron chi connectivity index (χ1n) is 11.8. The highest BCUT2D eigenvalue weighted by Crippen LogP contribution is 2.35. The van der Waals surface area contributed by atoms with E-state index in [-0.39, 0.29) is 11.6 Å². The van der Waals surface area contributed by atoms with Crippen LogP contribution in [0.5, 0.6) is 11.5 Å². The van der Waals surface area contributed by atoms with Crippen molar-refractivity contribution >= 4 is 16.8 Å². The molecule has 174 valence electrons. The van der Waals surface area contributed by atoms with Crippen LogP contribution in [-0.2, 0) is 0 Å². The number of aromatic nitrogens is 1. The number of unbranched alkanes of at least 4 members (excludes halogenated alkanes) is 1. The van der Waals surface area contributed by atoms with Crippen molar-refractivity contribution < 1.29 is 23.2 Å². The molecule has 1 saturated heterocycles. The average Bonchev–Trinajstić information content (AvgIpc) is 3.24. The maximum Gasteiger partial charge on any atom is 0.170 e. The summed E-state index contributed by atoms with van der Waals surface area (Å²) in [5.74, 6) is 1.67. The lowest BCUT2D eigenvalue weighted by Gasteiger charge is -2.31. The Kier molecular flexibility index (Phi) is 6.31. The lowest BCUT2D eigenvalue weighted by atomic mass is 9.91. The van der Waals surface area contributed by atoms with Crippen LogP contribution < -0.4 is 9.47 Å². The normalized spacial score (nSPS) is 17.2. The molecule has 0 radical (unpaired) electrons. The highest BCUT2D eigenvalue weighted by atomic mass is 19.1. The second-order valence-electron chi connectivity index (χ2n) is 8.97. The van der Waals surface area contributed by atoms with Crippen molar-refractivity contribution in [2.45, 2.75) is 44.9 Å². The summed E-state index contributed by atoms with van der Waals surface area (Å²) in [6.45, 7) is 6.13. The number of Topliss-reactive ketones (excluding diaryl/α,β-unsaturated/α-hetero) is 1. The molecular formula is C26H29FN2O4. The summed E-state index contributed by atoms with van der Waals surface area (Å²) in [5.41, 5.74) is 3.06. The second kappa shape index (κ2) is 9.51. The molecule has 0 bridgehead atoms. The van der Waals surface area contributed by atoms with Crippen LogP contribution in [0.2, 0.25) is 0 Å². The van der Waals surface area contributed by atoms with Gasteiger partial charge in [0.1, 0.15) is 17.3 Å². The van der Waals surface area contributed by atoms with Crippen LogP contribution in [0.1, 0.15) is 59.6 Å². The molecule has 0 unspecified atom stereocenters. The van der Waals surface area contributed by atoms with Crippen LogP contribution in [0.25, 0.3) is 11.0 Å². The number of rotatable bonds is 7. The number of ether oxygens (including phenoxy) is 2. The van der Waals surface area contributed by atoms with Gasteiger partial charge in [0.15, 0.2) is 11.4 Å². The number of hydrogen-bond acceptors (Lipinski definition) is 6. The van der Waals surface area contributed by atoms with Crippen molar-refractivity contribution in [2.75, 3.05) is 32.8 Å². The van der Waals surface area contributed by atoms with E-state index in [1.165, 1.54) is 12.1 Å². The predicted molar refractivity (Wildman–Crippen MR) is 123 cm³/mol. The minimum Gasteiger partial charge on any atom is -0.493 e. The highest BCUT2D eigenvalue weighted by molar-refractivity contribution is 6.00. The molecular weight excluding hydrogens is 423 g/mol. The van der Waals surface area contributed by atoms with Gasteiger partial charge in [-0.15, -0.1) is 0 Å². The van der Waals surface area contributed by atoms with Gasteiger partial charge in [-0.05, 0) is 76.5 Å². The highest BCUT2D eigenvalue weighted by Gasteiger charge is 2.25. The lowest BCUT2D eigenvalue weighted by Crippen LogP contribution is -2.34. The van der Waals surface area contributed by atoms with Crippen LogP contribution in [0.4, 0.5) is 4.39 Å². The van der Waals surface area contributed by atoms with Crippen molar-refractivity contribution in [1.82, 2.24) is 10.1 Å². The predicted octanol–water partition coefficient (Wildman–Crippen LogP) is 5.28. The van der Waals surface area contributed by atoms with Gasteiger partial charge in [0.05, 0.1) is 24.5 Å². The van der Waals surface area contributed by atoms with E-state index in [1.807, 2.05) is 19.1 Å². The molecule has 0 saturated carbocycles. The summed E-state index contributed by atoms with van der Waals surface area (Å²) < 4.78 is 30.4. The van der Waals surface area contributed by atoms with E-state index in [2.05, 4.69) is 10.1 Å². The van der Waals surface area contributed by atoms with E-state index in [1.54, 1.807) is 6.07 Å². The minimum atomic E-state index is -0.297. The molecule has 0 amide bonds. The number of hydrogen-bond donors (Lipinski definition) is 0. The fourth-order valence-electron chi connectivity index (χ4n) is 4.89. The van der Waals surface area contributed by atoms with Gasteiger partial charge in [-0.2, -0.15) is 0 Å². The van der Waals surface area contributed by atoms with Crippen molar-refractivity contribution in [2.24, 2.45) is 0 Å². The first-order chi connectivity index (χ1) is 16.1. The Bertz CT molecular complexity index is 1150. The van der Waals surface area contributed by atoms with Crippen LogP contribution in [0.3, 0.4) is 0 Å². The fraction of sp³-hybridized carbons (Fsp3) is 0.462. The Morgan fingerprint density at radius 3 is 2.88 bits per heavy atom. The summed E-state index contributed by atoms with van der Waals surface area (Å²) in [6, 6.07) is 8.35. The molecule has 1 aromatic heterocycles. The van der Waals surface area contributed by atoms with Crippen LogP contribution in [0.15, 0.2) is 34.9 Å². The number of piperidine rings is 1. The summed E-state index contributed by atoms with van der Waals surface area (Å²) in [6.07, 6.45) is 4.54. The number of halogens is 1. The summed E-state index contributed by atoms with van der Waals surface area (Å²) in [5, 5.41) is 5.16. The van der Waals surface area contributed by atoms with Gasteiger partial charge in [0.2, 0.25) is 0 Å². The monoisotopic (exact) mass is 452 g/mol. The number of carbonyl (C=O) groups is 1. The molecule has 5 rings (SSSR count). The van der Waals surface area contributed by atoms with E-state index in [9.17, 15) is 9.18 Å². The van der Waals surface area contributed by atoms with E-state index < -0.39 is 0 Å². The molecule has 7 heteroatoms. The molecule has 6 nitrogen and oxygen atoms in total. The standard InChI is InChI=1S/C26H29FN2O4/c1-17-23(7-6-20-22(30)10-15-32-26(17)20)31-14-3-2-11-29-12-8-18(9-13-29)25-21-5-4-19(27)16-24(21)33-28-25/h4-7,16,18H,2-3,8-15H2,1H3. The van der Waals surface area contributed by atoms with Crippen LogP contribution >= 0.6 is 0 Å². The van der Waals surface area contributed by atoms with Crippen LogP contribution in [-0.4, -0.2) is 48.7 Å². The molecule has 33 heavy (non-hydrogen) atoms. The number of carbonyl (C=O) groups excluding carboxylic acids is 1. The molecule has 1 fully saturated rings. The Morgan fingerprint density at radius 1 is 1.18 bits per heavy atom. The molecule has 0 spiro atoms. The van der Waals surface area contributed by atoms with E-state index in [4.69, 9.17) is 14.0 Å². The molecule has 0 atom stereocenters. The van der Waals surface area contributed by atoms with Crippen molar-refractivity contribution in [3.05, 3.63) is 53.0 Å². The van der Waals surface area contributed by atoms with E-state index in [0.29, 0.717) is 42.4 Å². The zero-order valence-corrected chi connectivity index (χ0v) is 18.9. The average molecular weight is 453 g/mol. The maximum atomic E-state index is 13.4. The smallest absolute Gasteiger partial charge is 0.170 e. The van der Waals surface area contributed by atoms with Gasteiger partial charge in [0, 0.05) is 29.4 Å². The van der Waals surface area contributed by atoms with Crippen molar-refractivity contribution in [3.63, 3.8) is 0 Å². The molecule has 3 aromatic rings. The number of fused-ring (bicyclic) bond motifs is 2. The molecule has 2 aromatic carbocycles. The molecule has 0 N–H and O–H groups in total. The maximum absolute atomic E-state index is 13.4. The SMILES string of the molecule is Cc1c(OCCCCN2CCC(c3noc4cc(F)ccc34)CC2)ccc2c1OCCC2=O. The first-order valence-corrected chi connectivity index (χ1v) is 11.8. The number of benzene rings is 2. The Balaban J connectivity index is 1.06. The Morgan fingerprint density at radius 2 is 2.03 bits per heavy atom. The van der Waals surface area contributed by atoms with Gasteiger partial charge in [-0.25, -0.2) is 4.39 Å². The van der Waals surface area contributed by atoms with E-state index >= 15 is 0 Å². The molecule has 2 aliphatic heterocycles. The molecule has 3 heterocycles. The van der Waals surface area contributed by atoms with Gasteiger partial charge >= 0.3 is 0 Å². The molecule has 2 aliphatic rings. The topological polar surface area (TPSA) is 64.8 Å². The first kappa shape index (κ1) is 21.9. The quantitative estimate of drug-likeness (QED) is 0.455. The summed E-state index contributed by atoms with van der Waals surface area (Å²) in [4.78, 5) is 14.5. The molecule has 0 aliphatic carbocycles. The van der Waals surface area contributed by atoms with Gasteiger partial charge in [-0.3, -0.25) is 4.79 Å². The lowest BCUT2D eigenvalue weighted by molar-refractivity contribution is 0.0932. The third-order valence-electron chi connectivity index (χ3n) is 6.79. The number of nitrogens with zero attached hydrogens (tertiary/aromatic N) is 2. The van der Waals surface area contributed by atoms with Gasteiger partial charge in [-0.1, -0.05) is 5.16 Å². The fourth-order valence-corrected chi connectivity index (χ4v) is 4.89.